The molecule has 0 saturated carbocycles. The lowest BCUT2D eigenvalue weighted by Gasteiger charge is -2.09. The number of aromatic nitrogens is 2. The molecule has 5 nitrogen and oxygen atoms in total. The second kappa shape index (κ2) is 7.54. The van der Waals surface area contributed by atoms with Gasteiger partial charge in [-0.15, -0.1) is 0 Å². The molecule has 1 heterocycles. The SMILES string of the molecule is C/C=C\O/C(=C\C)c1c[nH]c(=O)n(Cc2cc(F)cc(F)c2)c1=O. The van der Waals surface area contributed by atoms with Gasteiger partial charge < -0.3 is 9.72 Å². The monoisotopic (exact) mass is 334 g/mol. The van der Waals surface area contributed by atoms with Gasteiger partial charge in [-0.3, -0.25) is 9.36 Å². The van der Waals surface area contributed by atoms with Crippen molar-refractivity contribution in [2.45, 2.75) is 20.4 Å². The van der Waals surface area contributed by atoms with Crippen LogP contribution in [-0.4, -0.2) is 9.55 Å². The molecule has 0 aliphatic rings. The third-order valence-corrected chi connectivity index (χ3v) is 3.18. The maximum atomic E-state index is 13.3. The summed E-state index contributed by atoms with van der Waals surface area (Å²) in [5, 5.41) is 0. The van der Waals surface area contributed by atoms with Crippen molar-refractivity contribution >= 4 is 5.76 Å². The number of H-pyrrole nitrogens is 1. The number of halogens is 2. The Bertz CT molecular complexity index is 891. The highest BCUT2D eigenvalue weighted by molar-refractivity contribution is 5.58. The van der Waals surface area contributed by atoms with Gasteiger partial charge in [0.15, 0.2) is 0 Å². The molecule has 24 heavy (non-hydrogen) atoms. The normalized spacial score (nSPS) is 11.9. The van der Waals surface area contributed by atoms with Gasteiger partial charge in [-0.05, 0) is 37.6 Å². The average Bonchev–Trinajstić information content (AvgIpc) is 2.52. The molecule has 0 bridgehead atoms. The lowest BCUT2D eigenvalue weighted by atomic mass is 10.2. The summed E-state index contributed by atoms with van der Waals surface area (Å²) in [6.45, 7) is 3.16. The van der Waals surface area contributed by atoms with E-state index >= 15 is 0 Å². The van der Waals surface area contributed by atoms with E-state index in [-0.39, 0.29) is 23.4 Å². The van der Waals surface area contributed by atoms with Gasteiger partial charge in [0, 0.05) is 12.3 Å². The van der Waals surface area contributed by atoms with Crippen LogP contribution in [0.25, 0.3) is 5.76 Å². The highest BCUT2D eigenvalue weighted by atomic mass is 19.1. The van der Waals surface area contributed by atoms with Crippen LogP contribution in [0.4, 0.5) is 8.78 Å². The van der Waals surface area contributed by atoms with Crippen molar-refractivity contribution in [1.82, 2.24) is 9.55 Å². The molecule has 0 unspecified atom stereocenters. The van der Waals surface area contributed by atoms with Gasteiger partial charge in [-0.1, -0.05) is 6.08 Å². The molecule has 2 rings (SSSR count). The summed E-state index contributed by atoms with van der Waals surface area (Å²) >= 11 is 0. The number of hydrogen-bond acceptors (Lipinski definition) is 3. The Balaban J connectivity index is 2.49. The lowest BCUT2D eigenvalue weighted by Crippen LogP contribution is -2.37. The molecular weight excluding hydrogens is 318 g/mol. The fraction of sp³-hybridized carbons (Fsp3) is 0.176. The van der Waals surface area contributed by atoms with Crippen molar-refractivity contribution < 1.29 is 13.5 Å². The van der Waals surface area contributed by atoms with Crippen molar-refractivity contribution in [2.75, 3.05) is 0 Å². The molecule has 0 spiro atoms. The highest BCUT2D eigenvalue weighted by Crippen LogP contribution is 2.12. The van der Waals surface area contributed by atoms with Crippen LogP contribution in [0.15, 0.2) is 52.4 Å². The fourth-order valence-electron chi connectivity index (χ4n) is 2.14. The summed E-state index contributed by atoms with van der Waals surface area (Å²) in [7, 11) is 0. The molecule has 7 heteroatoms. The minimum Gasteiger partial charge on any atom is -0.465 e. The van der Waals surface area contributed by atoms with Gasteiger partial charge in [-0.2, -0.15) is 0 Å². The molecule has 1 aromatic carbocycles. The summed E-state index contributed by atoms with van der Waals surface area (Å²) in [4.78, 5) is 26.9. The highest BCUT2D eigenvalue weighted by Gasteiger charge is 2.13. The first kappa shape index (κ1) is 17.4. The molecule has 0 amide bonds. The molecule has 0 aliphatic heterocycles. The van der Waals surface area contributed by atoms with Crippen molar-refractivity contribution in [3.05, 3.63) is 86.4 Å². The first-order valence-electron chi connectivity index (χ1n) is 7.18. The van der Waals surface area contributed by atoms with Gasteiger partial charge in [-0.25, -0.2) is 13.6 Å². The van der Waals surface area contributed by atoms with Gasteiger partial charge in [0.05, 0.1) is 18.4 Å². The molecular formula is C17H16F2N2O3. The van der Waals surface area contributed by atoms with Gasteiger partial charge in [0.25, 0.3) is 5.56 Å². The van der Waals surface area contributed by atoms with E-state index in [0.29, 0.717) is 0 Å². The summed E-state index contributed by atoms with van der Waals surface area (Å²) in [5.74, 6) is -1.30. The molecule has 0 radical (unpaired) electrons. The predicted molar refractivity (Wildman–Crippen MR) is 86.3 cm³/mol. The van der Waals surface area contributed by atoms with Crippen LogP contribution in [0, 0.1) is 11.6 Å². The molecule has 0 saturated heterocycles. The third kappa shape index (κ3) is 3.87. The molecule has 1 aromatic heterocycles. The van der Waals surface area contributed by atoms with Crippen LogP contribution in [0.1, 0.15) is 25.0 Å². The van der Waals surface area contributed by atoms with E-state index in [9.17, 15) is 18.4 Å². The summed E-state index contributed by atoms with van der Waals surface area (Å²) < 4.78 is 32.7. The zero-order valence-electron chi connectivity index (χ0n) is 13.2. The van der Waals surface area contributed by atoms with Crippen LogP contribution >= 0.6 is 0 Å². The van der Waals surface area contributed by atoms with Crippen molar-refractivity contribution in [3.63, 3.8) is 0 Å². The second-order valence-corrected chi connectivity index (χ2v) is 4.92. The van der Waals surface area contributed by atoms with Gasteiger partial charge >= 0.3 is 5.69 Å². The number of rotatable bonds is 5. The Hall–Kier alpha value is -2.96. The summed E-state index contributed by atoms with van der Waals surface area (Å²) in [5.41, 5.74) is -1.02. The quantitative estimate of drug-likeness (QED) is 0.855. The van der Waals surface area contributed by atoms with Crippen LogP contribution < -0.4 is 11.2 Å². The van der Waals surface area contributed by atoms with Crippen LogP contribution in [0.3, 0.4) is 0 Å². The minimum absolute atomic E-state index is 0.132. The summed E-state index contributed by atoms with van der Waals surface area (Å²) in [6, 6.07) is 2.85. The number of nitrogens with zero attached hydrogens (tertiary/aromatic N) is 1. The summed E-state index contributed by atoms with van der Waals surface area (Å²) in [6.07, 6.45) is 5.85. The minimum atomic E-state index is -0.781. The van der Waals surface area contributed by atoms with Crippen molar-refractivity contribution in [3.8, 4) is 0 Å². The van der Waals surface area contributed by atoms with Crippen LogP contribution in [0.2, 0.25) is 0 Å². The topological polar surface area (TPSA) is 64.1 Å². The number of nitrogens with one attached hydrogen (secondary N) is 1. The maximum absolute atomic E-state index is 13.3. The Morgan fingerprint density at radius 3 is 2.46 bits per heavy atom. The molecule has 1 N–H and O–H groups in total. The van der Waals surface area contributed by atoms with E-state index in [0.717, 1.165) is 22.8 Å². The Kier molecular flexibility index (Phi) is 5.47. The number of allylic oxidation sites excluding steroid dienone is 2. The maximum Gasteiger partial charge on any atom is 0.328 e. The smallest absolute Gasteiger partial charge is 0.328 e. The third-order valence-electron chi connectivity index (χ3n) is 3.18. The van der Waals surface area contributed by atoms with Crippen LogP contribution in [-0.2, 0) is 11.3 Å². The molecule has 0 fully saturated rings. The zero-order valence-corrected chi connectivity index (χ0v) is 13.2. The van der Waals surface area contributed by atoms with E-state index in [1.54, 1.807) is 26.0 Å². The van der Waals surface area contributed by atoms with E-state index < -0.39 is 22.9 Å². The number of ether oxygens (including phenoxy) is 1. The lowest BCUT2D eigenvalue weighted by molar-refractivity contribution is 0.432. The second-order valence-electron chi connectivity index (χ2n) is 4.92. The van der Waals surface area contributed by atoms with Crippen molar-refractivity contribution in [1.29, 1.82) is 0 Å². The fourth-order valence-corrected chi connectivity index (χ4v) is 2.14. The Morgan fingerprint density at radius 1 is 1.21 bits per heavy atom. The largest absolute Gasteiger partial charge is 0.465 e. The zero-order chi connectivity index (χ0) is 17.7. The van der Waals surface area contributed by atoms with Crippen LogP contribution in [0.5, 0.6) is 0 Å². The van der Waals surface area contributed by atoms with Gasteiger partial charge in [0.1, 0.15) is 17.4 Å². The van der Waals surface area contributed by atoms with E-state index in [4.69, 9.17) is 4.74 Å². The molecule has 0 atom stereocenters. The first-order valence-corrected chi connectivity index (χ1v) is 7.18. The molecule has 126 valence electrons. The van der Waals surface area contributed by atoms with E-state index in [1.165, 1.54) is 12.5 Å². The first-order chi connectivity index (χ1) is 11.5. The number of benzene rings is 1. The van der Waals surface area contributed by atoms with Gasteiger partial charge in [0.2, 0.25) is 0 Å². The van der Waals surface area contributed by atoms with Crippen molar-refractivity contribution in [2.24, 2.45) is 0 Å². The Labute approximate surface area is 136 Å². The van der Waals surface area contributed by atoms with E-state index in [1.807, 2.05) is 0 Å². The average molecular weight is 334 g/mol. The number of hydrogen-bond donors (Lipinski definition) is 1. The predicted octanol–water partition coefficient (Wildman–Crippen LogP) is 2.77. The Morgan fingerprint density at radius 2 is 1.88 bits per heavy atom. The number of aromatic amines is 1. The van der Waals surface area contributed by atoms with E-state index in [2.05, 4.69) is 4.98 Å². The standard InChI is InChI=1S/C17H16F2N2O3/c1-3-5-24-15(4-2)14-9-20-17(23)21(16(14)22)10-11-6-12(18)8-13(19)7-11/h3-9H,10H2,1-2H3,(H,20,23)/b5-3-,15-4-. The molecule has 2 aromatic rings. The molecule has 0 aliphatic carbocycles.